The molecule has 0 spiro atoms. The molecule has 2 aromatic heterocycles. The first-order valence-corrected chi connectivity index (χ1v) is 12.7. The highest BCUT2D eigenvalue weighted by Crippen LogP contribution is 2.33. The van der Waals surface area contributed by atoms with Gasteiger partial charge in [-0.1, -0.05) is 23.4 Å². The van der Waals surface area contributed by atoms with E-state index in [0.29, 0.717) is 17.1 Å². The van der Waals surface area contributed by atoms with Gasteiger partial charge in [0.25, 0.3) is 5.69 Å². The van der Waals surface area contributed by atoms with Crippen LogP contribution in [0, 0.1) is 10.1 Å². The number of nitrogens with zero attached hydrogens (tertiary/aromatic N) is 6. The largest absolute Gasteiger partial charge is 0.487 e. The molecule has 0 aliphatic heterocycles. The number of anilines is 1. The minimum absolute atomic E-state index is 0. The summed E-state index contributed by atoms with van der Waals surface area (Å²) in [5, 5.41) is 24.7. The number of nitro benzene ring substituents is 1. The maximum Gasteiger partial charge on any atom is 0.269 e. The topological polar surface area (TPSA) is 120 Å². The molecule has 5 aromatic rings. The molecule has 0 radical (unpaired) electrons. The molecule has 40 heavy (non-hydrogen) atoms. The number of pyridine rings is 1. The van der Waals surface area contributed by atoms with Crippen LogP contribution in [0.5, 0.6) is 5.75 Å². The number of hydrogen-bond donors (Lipinski definition) is 1. The molecule has 1 aliphatic carbocycles. The Bertz CT molecular complexity index is 1670. The van der Waals surface area contributed by atoms with Crippen LogP contribution in [-0.4, -0.2) is 31.1 Å². The first kappa shape index (κ1) is 26.8. The molecule has 0 atom stereocenters. The van der Waals surface area contributed by atoms with Crippen molar-refractivity contribution in [1.29, 1.82) is 0 Å². The van der Waals surface area contributed by atoms with Crippen LogP contribution < -0.4 is 10.2 Å². The average molecular weight is 556 g/mol. The molecular weight excluding hydrogens is 530 g/mol. The predicted octanol–water partition coefficient (Wildman–Crippen LogP) is 6.05. The molecule has 0 amide bonds. The van der Waals surface area contributed by atoms with Gasteiger partial charge in [0, 0.05) is 23.2 Å². The average Bonchev–Trinajstić information content (AvgIpc) is 3.45. The molecule has 1 aliphatic rings. The maximum absolute atomic E-state index is 10.8. The number of fused-ring (bicyclic) bond motifs is 2. The standard InChI is InChI=1S/C29H25N7O3.ClH/c37-36(38)23-13-11-22(12-14-23)35-18-21(32-34-35)19-39-24-15-9-20(10-16-24)17-30-33-29-25-5-1-3-7-27(25)31-28-8-4-2-6-26(28)29;/h1,3,5,7,9-18H,2,4,6,8,19H2,(H,31,33);1H/b30-17+;. The molecule has 1 N–H and O–H groups in total. The van der Waals surface area contributed by atoms with Crippen molar-refractivity contribution in [1.82, 2.24) is 20.0 Å². The smallest absolute Gasteiger partial charge is 0.269 e. The number of hydrogen-bond acceptors (Lipinski definition) is 8. The van der Waals surface area contributed by atoms with Crippen molar-refractivity contribution in [3.8, 4) is 11.4 Å². The number of benzene rings is 3. The number of hydrazone groups is 1. The second kappa shape index (κ2) is 11.9. The van der Waals surface area contributed by atoms with E-state index in [1.54, 1.807) is 29.2 Å². The number of para-hydroxylation sites is 1. The summed E-state index contributed by atoms with van der Waals surface area (Å²) in [6.07, 6.45) is 7.89. The van der Waals surface area contributed by atoms with Crippen LogP contribution in [0.3, 0.4) is 0 Å². The van der Waals surface area contributed by atoms with Gasteiger partial charge >= 0.3 is 0 Å². The van der Waals surface area contributed by atoms with Crippen molar-refractivity contribution in [3.05, 3.63) is 112 Å². The lowest BCUT2D eigenvalue weighted by atomic mass is 9.93. The fraction of sp³-hybridized carbons (Fsp3) is 0.172. The summed E-state index contributed by atoms with van der Waals surface area (Å²) in [6.45, 7) is 0.238. The molecule has 11 heteroatoms. The minimum atomic E-state index is -0.437. The number of ether oxygens (including phenoxy) is 1. The van der Waals surface area contributed by atoms with Crippen LogP contribution in [0.2, 0.25) is 0 Å². The lowest BCUT2D eigenvalue weighted by Gasteiger charge is -2.20. The van der Waals surface area contributed by atoms with Gasteiger partial charge in [-0.15, -0.1) is 17.5 Å². The number of nitrogens with one attached hydrogen (secondary N) is 1. The first-order chi connectivity index (χ1) is 19.1. The number of aryl methyl sites for hydroxylation is 1. The third-order valence-corrected chi connectivity index (χ3v) is 6.69. The van der Waals surface area contributed by atoms with Gasteiger partial charge in [-0.25, -0.2) is 4.68 Å². The zero-order valence-electron chi connectivity index (χ0n) is 21.4. The minimum Gasteiger partial charge on any atom is -0.487 e. The highest BCUT2D eigenvalue weighted by Gasteiger charge is 2.17. The Labute approximate surface area is 236 Å². The highest BCUT2D eigenvalue weighted by atomic mass is 35.5. The number of aromatic nitrogens is 4. The molecule has 3 aromatic carbocycles. The Kier molecular flexibility index (Phi) is 7.97. The van der Waals surface area contributed by atoms with E-state index in [1.807, 2.05) is 42.5 Å². The van der Waals surface area contributed by atoms with Crippen molar-refractivity contribution in [2.75, 3.05) is 5.43 Å². The summed E-state index contributed by atoms with van der Waals surface area (Å²) in [5.74, 6) is 0.694. The lowest BCUT2D eigenvalue weighted by molar-refractivity contribution is -0.384. The van der Waals surface area contributed by atoms with Crippen LogP contribution in [0.25, 0.3) is 16.6 Å². The Hall–Kier alpha value is -4.83. The third kappa shape index (κ3) is 5.76. The number of non-ortho nitro benzene ring substituents is 1. The zero-order chi connectivity index (χ0) is 26.6. The second-order valence-electron chi connectivity index (χ2n) is 9.29. The van der Waals surface area contributed by atoms with E-state index >= 15 is 0 Å². The molecule has 0 saturated heterocycles. The summed E-state index contributed by atoms with van der Waals surface area (Å²) in [6, 6.07) is 21.9. The monoisotopic (exact) mass is 555 g/mol. The van der Waals surface area contributed by atoms with E-state index in [4.69, 9.17) is 9.72 Å². The molecule has 2 heterocycles. The molecule has 0 unspecified atom stereocenters. The van der Waals surface area contributed by atoms with E-state index in [0.717, 1.165) is 35.0 Å². The van der Waals surface area contributed by atoms with E-state index < -0.39 is 4.92 Å². The Morgan fingerprint density at radius 2 is 1.80 bits per heavy atom. The van der Waals surface area contributed by atoms with E-state index in [1.165, 1.54) is 36.2 Å². The summed E-state index contributed by atoms with van der Waals surface area (Å²) in [5.41, 5.74) is 10.1. The van der Waals surface area contributed by atoms with Gasteiger partial charge in [0.1, 0.15) is 18.1 Å². The van der Waals surface area contributed by atoms with Crippen molar-refractivity contribution < 1.29 is 9.66 Å². The van der Waals surface area contributed by atoms with Gasteiger partial charge in [0.15, 0.2) is 0 Å². The van der Waals surface area contributed by atoms with E-state index in [9.17, 15) is 10.1 Å². The van der Waals surface area contributed by atoms with Crippen molar-refractivity contribution in [3.63, 3.8) is 0 Å². The summed E-state index contributed by atoms with van der Waals surface area (Å²) < 4.78 is 7.41. The molecule has 0 saturated carbocycles. The van der Waals surface area contributed by atoms with Gasteiger partial charge in [0.2, 0.25) is 0 Å². The SMILES string of the molecule is Cl.O=[N+]([O-])c1ccc(-n2cc(COc3ccc(/C=N/Nc4c5c(nc6ccccc46)CCCC5)cc3)nn2)cc1. The molecule has 202 valence electrons. The highest BCUT2D eigenvalue weighted by molar-refractivity contribution is 5.94. The van der Waals surface area contributed by atoms with E-state index in [-0.39, 0.29) is 24.7 Å². The fourth-order valence-corrected chi connectivity index (χ4v) is 4.70. The van der Waals surface area contributed by atoms with Gasteiger partial charge in [-0.3, -0.25) is 20.5 Å². The van der Waals surface area contributed by atoms with Crippen molar-refractivity contribution in [2.45, 2.75) is 32.3 Å². The first-order valence-electron chi connectivity index (χ1n) is 12.7. The van der Waals surface area contributed by atoms with Gasteiger partial charge in [0.05, 0.1) is 34.2 Å². The van der Waals surface area contributed by atoms with Crippen molar-refractivity contribution >= 4 is 40.9 Å². The number of halogens is 1. The Morgan fingerprint density at radius 3 is 2.60 bits per heavy atom. The molecule has 6 rings (SSSR count). The second-order valence-corrected chi connectivity index (χ2v) is 9.29. The van der Waals surface area contributed by atoms with Crippen LogP contribution >= 0.6 is 12.4 Å². The molecule has 0 bridgehead atoms. The Balaban J connectivity index is 0.00000323. The van der Waals surface area contributed by atoms with Crippen LogP contribution in [0.15, 0.2) is 84.1 Å². The quantitative estimate of drug-likeness (QED) is 0.140. The van der Waals surface area contributed by atoms with Crippen molar-refractivity contribution in [2.24, 2.45) is 5.10 Å². The Morgan fingerprint density at radius 1 is 1.02 bits per heavy atom. The fourth-order valence-electron chi connectivity index (χ4n) is 4.70. The molecular formula is C29H26ClN7O3. The zero-order valence-corrected chi connectivity index (χ0v) is 22.3. The summed E-state index contributed by atoms with van der Waals surface area (Å²) in [7, 11) is 0. The number of rotatable bonds is 8. The normalized spacial score (nSPS) is 12.6. The molecule has 10 nitrogen and oxygen atoms in total. The van der Waals surface area contributed by atoms with Gasteiger partial charge < -0.3 is 4.74 Å². The van der Waals surface area contributed by atoms with E-state index in [2.05, 4.69) is 26.9 Å². The van der Waals surface area contributed by atoms with Gasteiger partial charge in [-0.2, -0.15) is 5.10 Å². The molecule has 0 fully saturated rings. The maximum atomic E-state index is 10.8. The summed E-state index contributed by atoms with van der Waals surface area (Å²) in [4.78, 5) is 15.3. The lowest BCUT2D eigenvalue weighted by Crippen LogP contribution is -2.09. The van der Waals surface area contributed by atoms with Crippen LogP contribution in [0.1, 0.15) is 35.4 Å². The third-order valence-electron chi connectivity index (χ3n) is 6.69. The van der Waals surface area contributed by atoms with Crippen LogP contribution in [0.4, 0.5) is 11.4 Å². The van der Waals surface area contributed by atoms with Gasteiger partial charge in [-0.05, 0) is 79.3 Å². The van der Waals surface area contributed by atoms with Crippen LogP contribution in [-0.2, 0) is 19.4 Å². The number of nitro groups is 1. The summed E-state index contributed by atoms with van der Waals surface area (Å²) >= 11 is 0. The predicted molar refractivity (Wildman–Crippen MR) is 156 cm³/mol.